The first-order valence-electron chi connectivity index (χ1n) is 4.51. The van der Waals surface area contributed by atoms with Gasteiger partial charge in [-0.1, -0.05) is 0 Å². The number of aromatic nitrogens is 2. The Morgan fingerprint density at radius 3 is 2.56 bits per heavy atom. The summed E-state index contributed by atoms with van der Waals surface area (Å²) >= 11 is 5.72. The average molecular weight is 240 g/mol. The standard InChI is InChI=1S/C10H10ClN3O2/c1-15-6-4-3-5-7(8(6)16-2)9(12)14-10(11)13-5/h3-4H,1-2H3,(H2,12,13,14). The molecular formula is C10H10ClN3O2. The Balaban J connectivity index is 2.86. The lowest BCUT2D eigenvalue weighted by Crippen LogP contribution is -1.99. The van der Waals surface area contributed by atoms with Crippen LogP contribution in [0, 0.1) is 0 Å². The Morgan fingerprint density at radius 2 is 1.94 bits per heavy atom. The van der Waals surface area contributed by atoms with E-state index in [2.05, 4.69) is 9.97 Å². The SMILES string of the molecule is COc1ccc2nc(Cl)nc(N)c2c1OC. The number of nitrogen functional groups attached to an aromatic ring is 1. The van der Waals surface area contributed by atoms with Gasteiger partial charge in [-0.3, -0.25) is 0 Å². The van der Waals surface area contributed by atoms with Gasteiger partial charge >= 0.3 is 0 Å². The van der Waals surface area contributed by atoms with Crippen LogP contribution >= 0.6 is 11.6 Å². The van der Waals surface area contributed by atoms with Gasteiger partial charge in [-0.15, -0.1) is 0 Å². The van der Waals surface area contributed by atoms with Crippen molar-refractivity contribution in [3.8, 4) is 11.5 Å². The number of rotatable bonds is 2. The predicted molar refractivity (Wildman–Crippen MR) is 62.1 cm³/mol. The van der Waals surface area contributed by atoms with Crippen LogP contribution in [0.4, 0.5) is 5.82 Å². The molecule has 1 aromatic heterocycles. The lowest BCUT2D eigenvalue weighted by molar-refractivity contribution is 0.358. The number of fused-ring (bicyclic) bond motifs is 1. The van der Waals surface area contributed by atoms with Crippen molar-refractivity contribution in [3.05, 3.63) is 17.4 Å². The molecule has 2 aromatic rings. The van der Waals surface area contributed by atoms with Crippen molar-refractivity contribution in [1.82, 2.24) is 9.97 Å². The van der Waals surface area contributed by atoms with Gasteiger partial charge in [0.2, 0.25) is 5.28 Å². The normalized spacial score (nSPS) is 10.4. The molecule has 0 atom stereocenters. The van der Waals surface area contributed by atoms with Gasteiger partial charge in [0.1, 0.15) is 5.82 Å². The van der Waals surface area contributed by atoms with Gasteiger partial charge in [-0.2, -0.15) is 0 Å². The van der Waals surface area contributed by atoms with Gasteiger partial charge in [0.15, 0.2) is 11.5 Å². The molecule has 0 unspecified atom stereocenters. The fraction of sp³-hybridized carbons (Fsp3) is 0.200. The summed E-state index contributed by atoms with van der Waals surface area (Å²) in [5.41, 5.74) is 6.41. The number of benzene rings is 1. The van der Waals surface area contributed by atoms with Gasteiger partial charge < -0.3 is 15.2 Å². The van der Waals surface area contributed by atoms with Crippen molar-refractivity contribution >= 4 is 28.3 Å². The van der Waals surface area contributed by atoms with E-state index >= 15 is 0 Å². The quantitative estimate of drug-likeness (QED) is 0.811. The van der Waals surface area contributed by atoms with Crippen molar-refractivity contribution in [3.63, 3.8) is 0 Å². The third kappa shape index (κ3) is 1.59. The highest BCUT2D eigenvalue weighted by molar-refractivity contribution is 6.28. The molecule has 0 aliphatic rings. The molecule has 0 spiro atoms. The zero-order valence-electron chi connectivity index (χ0n) is 8.82. The van der Waals surface area contributed by atoms with Crippen LogP contribution < -0.4 is 15.2 Å². The first-order chi connectivity index (χ1) is 7.67. The van der Waals surface area contributed by atoms with Gasteiger partial charge in [-0.25, -0.2) is 9.97 Å². The minimum atomic E-state index is 0.109. The third-order valence-electron chi connectivity index (χ3n) is 2.21. The summed E-state index contributed by atoms with van der Waals surface area (Å²) in [6.45, 7) is 0. The molecule has 0 amide bonds. The molecule has 0 saturated heterocycles. The molecule has 0 saturated carbocycles. The second-order valence-electron chi connectivity index (χ2n) is 3.07. The van der Waals surface area contributed by atoms with E-state index in [9.17, 15) is 0 Å². The van der Waals surface area contributed by atoms with Crippen LogP contribution in [-0.4, -0.2) is 24.2 Å². The number of halogens is 1. The summed E-state index contributed by atoms with van der Waals surface area (Å²) in [6, 6.07) is 3.49. The van der Waals surface area contributed by atoms with Crippen LogP contribution in [0.3, 0.4) is 0 Å². The maximum atomic E-state index is 5.79. The van der Waals surface area contributed by atoms with E-state index in [1.807, 2.05) is 0 Å². The maximum Gasteiger partial charge on any atom is 0.224 e. The largest absolute Gasteiger partial charge is 0.493 e. The number of methoxy groups -OCH3 is 2. The average Bonchev–Trinajstić information content (AvgIpc) is 2.27. The molecule has 0 bridgehead atoms. The zero-order chi connectivity index (χ0) is 11.7. The Morgan fingerprint density at radius 1 is 1.19 bits per heavy atom. The number of hydrogen-bond donors (Lipinski definition) is 1. The Bertz CT molecular complexity index is 545. The third-order valence-corrected chi connectivity index (χ3v) is 2.37. The van der Waals surface area contributed by atoms with Crippen molar-refractivity contribution < 1.29 is 9.47 Å². The molecule has 2 rings (SSSR count). The van der Waals surface area contributed by atoms with Crippen LogP contribution in [0.5, 0.6) is 11.5 Å². The van der Waals surface area contributed by atoms with Crippen LogP contribution in [0.25, 0.3) is 10.9 Å². The van der Waals surface area contributed by atoms with E-state index < -0.39 is 0 Å². The molecule has 0 aliphatic carbocycles. The van der Waals surface area contributed by atoms with E-state index in [0.29, 0.717) is 22.4 Å². The Labute approximate surface area is 97.2 Å². The molecule has 6 heteroatoms. The minimum Gasteiger partial charge on any atom is -0.493 e. The number of nitrogens with two attached hydrogens (primary N) is 1. The van der Waals surface area contributed by atoms with Crippen molar-refractivity contribution in [1.29, 1.82) is 0 Å². The Hall–Kier alpha value is -1.75. The predicted octanol–water partition coefficient (Wildman–Crippen LogP) is 1.88. The fourth-order valence-electron chi connectivity index (χ4n) is 1.54. The van der Waals surface area contributed by atoms with Crippen molar-refractivity contribution in [2.45, 2.75) is 0 Å². The molecule has 2 N–H and O–H groups in total. The van der Waals surface area contributed by atoms with Crippen LogP contribution in [-0.2, 0) is 0 Å². The molecule has 84 valence electrons. The number of nitrogens with zero attached hydrogens (tertiary/aromatic N) is 2. The summed E-state index contributed by atoms with van der Waals surface area (Å²) < 4.78 is 10.4. The second-order valence-corrected chi connectivity index (χ2v) is 3.41. The molecule has 16 heavy (non-hydrogen) atoms. The highest BCUT2D eigenvalue weighted by Gasteiger charge is 2.14. The molecule has 0 fully saturated rings. The smallest absolute Gasteiger partial charge is 0.224 e. The lowest BCUT2D eigenvalue weighted by atomic mass is 10.2. The molecule has 1 aromatic carbocycles. The summed E-state index contributed by atoms with van der Waals surface area (Å²) in [4.78, 5) is 7.94. The Kier molecular flexibility index (Phi) is 2.70. The monoisotopic (exact) mass is 239 g/mol. The van der Waals surface area contributed by atoms with E-state index in [1.165, 1.54) is 7.11 Å². The molecule has 5 nitrogen and oxygen atoms in total. The summed E-state index contributed by atoms with van der Waals surface area (Å²) in [5.74, 6) is 1.35. The van der Waals surface area contributed by atoms with Crippen molar-refractivity contribution in [2.75, 3.05) is 20.0 Å². The minimum absolute atomic E-state index is 0.109. The highest BCUT2D eigenvalue weighted by atomic mass is 35.5. The summed E-state index contributed by atoms with van der Waals surface area (Å²) in [6.07, 6.45) is 0. The number of hydrogen-bond acceptors (Lipinski definition) is 5. The van der Waals surface area contributed by atoms with Gasteiger partial charge in [0.25, 0.3) is 0 Å². The highest BCUT2D eigenvalue weighted by Crippen LogP contribution is 2.37. The molecule has 1 heterocycles. The van der Waals surface area contributed by atoms with E-state index in [1.54, 1.807) is 19.2 Å². The lowest BCUT2D eigenvalue weighted by Gasteiger charge is -2.11. The van der Waals surface area contributed by atoms with Gasteiger partial charge in [-0.05, 0) is 23.7 Å². The second kappa shape index (κ2) is 4.02. The summed E-state index contributed by atoms with van der Waals surface area (Å²) in [5, 5.41) is 0.712. The molecule has 0 aliphatic heterocycles. The van der Waals surface area contributed by atoms with E-state index in [0.717, 1.165) is 0 Å². The van der Waals surface area contributed by atoms with Crippen LogP contribution in [0.15, 0.2) is 12.1 Å². The topological polar surface area (TPSA) is 70.3 Å². The summed E-state index contributed by atoms with van der Waals surface area (Å²) in [7, 11) is 3.09. The fourth-order valence-corrected chi connectivity index (χ4v) is 1.72. The van der Waals surface area contributed by atoms with Crippen LogP contribution in [0.1, 0.15) is 0 Å². The van der Waals surface area contributed by atoms with Crippen LogP contribution in [0.2, 0.25) is 5.28 Å². The number of anilines is 1. The van der Waals surface area contributed by atoms with E-state index in [4.69, 9.17) is 26.8 Å². The first kappa shape index (κ1) is 10.8. The van der Waals surface area contributed by atoms with Gasteiger partial charge in [0.05, 0.1) is 25.1 Å². The molecule has 0 radical (unpaired) electrons. The first-order valence-corrected chi connectivity index (χ1v) is 4.89. The van der Waals surface area contributed by atoms with E-state index in [-0.39, 0.29) is 11.1 Å². The maximum absolute atomic E-state index is 5.79. The molecular weight excluding hydrogens is 230 g/mol. The van der Waals surface area contributed by atoms with Gasteiger partial charge in [0, 0.05) is 0 Å². The zero-order valence-corrected chi connectivity index (χ0v) is 9.58. The van der Waals surface area contributed by atoms with Crippen molar-refractivity contribution in [2.24, 2.45) is 0 Å². The number of ether oxygens (including phenoxy) is 2.